The third kappa shape index (κ3) is 6.08. The van der Waals surface area contributed by atoms with Crippen LogP contribution in [0.4, 0.5) is 0 Å². The second-order valence-corrected chi connectivity index (χ2v) is 5.32. The molecule has 2 aromatic carbocycles. The van der Waals surface area contributed by atoms with Gasteiger partial charge in [0.2, 0.25) is 0 Å². The Morgan fingerprint density at radius 3 is 2.29 bits per heavy atom. The second kappa shape index (κ2) is 9.30. The summed E-state index contributed by atoms with van der Waals surface area (Å²) in [4.78, 5) is 23.4. The molecule has 0 aliphatic carbocycles. The van der Waals surface area contributed by atoms with E-state index in [1.165, 1.54) is 12.5 Å². The third-order valence-corrected chi connectivity index (χ3v) is 3.36. The molecular weight excluding hydrogens is 302 g/mol. The average molecular weight is 323 g/mol. The van der Waals surface area contributed by atoms with Gasteiger partial charge < -0.3 is 10.1 Å². The van der Waals surface area contributed by atoms with Crippen LogP contribution in [0.5, 0.6) is 0 Å². The highest BCUT2D eigenvalue weighted by Crippen LogP contribution is 2.05. The maximum absolute atomic E-state index is 12.2. The van der Waals surface area contributed by atoms with Crippen molar-refractivity contribution in [1.82, 2.24) is 5.32 Å². The average Bonchev–Trinajstić information content (AvgIpc) is 2.59. The lowest BCUT2D eigenvalue weighted by molar-refractivity contribution is -0.144. The standard InChI is InChI=1S/C20H21NO3/c1-16(22)24-19(21-20(23)18-13-6-3-7-14-18)15-9-8-12-17-10-4-2-5-11-17/h2-7,9-11,13-15,19H,8,12H2,1H3,(H,21,23)/b15-9+. The molecule has 4 nitrogen and oxygen atoms in total. The summed E-state index contributed by atoms with van der Waals surface area (Å²) in [5, 5.41) is 2.69. The SMILES string of the molecule is CC(=O)OC(/C=C/CCc1ccccc1)NC(=O)c1ccccc1. The Morgan fingerprint density at radius 2 is 1.67 bits per heavy atom. The maximum atomic E-state index is 12.2. The van der Waals surface area contributed by atoms with Gasteiger partial charge >= 0.3 is 5.97 Å². The monoisotopic (exact) mass is 323 g/mol. The van der Waals surface area contributed by atoms with E-state index in [4.69, 9.17) is 4.74 Å². The van der Waals surface area contributed by atoms with Crippen molar-refractivity contribution in [3.05, 3.63) is 83.9 Å². The van der Waals surface area contributed by atoms with Gasteiger partial charge in [0.05, 0.1) is 0 Å². The lowest BCUT2D eigenvalue weighted by atomic mass is 10.1. The molecule has 0 radical (unpaired) electrons. The van der Waals surface area contributed by atoms with E-state index < -0.39 is 12.2 Å². The number of carbonyl (C=O) groups is 2. The molecule has 124 valence electrons. The van der Waals surface area contributed by atoms with Gasteiger partial charge in [0.1, 0.15) is 0 Å². The van der Waals surface area contributed by atoms with Crippen molar-refractivity contribution in [2.75, 3.05) is 0 Å². The number of allylic oxidation sites excluding steroid dienone is 1. The van der Waals surface area contributed by atoms with E-state index >= 15 is 0 Å². The fourth-order valence-electron chi connectivity index (χ4n) is 2.21. The van der Waals surface area contributed by atoms with Gasteiger partial charge in [-0.05, 0) is 36.6 Å². The van der Waals surface area contributed by atoms with Crippen LogP contribution < -0.4 is 5.32 Å². The van der Waals surface area contributed by atoms with E-state index in [9.17, 15) is 9.59 Å². The molecule has 1 amide bonds. The number of ether oxygens (including phenoxy) is 1. The highest BCUT2D eigenvalue weighted by atomic mass is 16.6. The largest absolute Gasteiger partial charge is 0.438 e. The Kier molecular flexibility index (Phi) is 6.77. The second-order valence-electron chi connectivity index (χ2n) is 5.32. The minimum atomic E-state index is -0.772. The van der Waals surface area contributed by atoms with Crippen LogP contribution in [0.25, 0.3) is 0 Å². The molecule has 0 heterocycles. The van der Waals surface area contributed by atoms with Crippen molar-refractivity contribution < 1.29 is 14.3 Å². The summed E-state index contributed by atoms with van der Waals surface area (Å²) in [5.74, 6) is -0.726. The van der Waals surface area contributed by atoms with E-state index in [0.29, 0.717) is 5.56 Å². The predicted molar refractivity (Wildman–Crippen MR) is 93.4 cm³/mol. The van der Waals surface area contributed by atoms with Crippen LogP contribution in [0.3, 0.4) is 0 Å². The quantitative estimate of drug-likeness (QED) is 0.482. The molecule has 0 fully saturated rings. The fourth-order valence-corrected chi connectivity index (χ4v) is 2.21. The number of hydrogen-bond acceptors (Lipinski definition) is 3. The van der Waals surface area contributed by atoms with Crippen molar-refractivity contribution in [3.63, 3.8) is 0 Å². The highest BCUT2D eigenvalue weighted by molar-refractivity contribution is 5.94. The first-order valence-corrected chi connectivity index (χ1v) is 7.89. The molecule has 2 aromatic rings. The summed E-state index contributed by atoms with van der Waals surface area (Å²) in [6.45, 7) is 1.32. The van der Waals surface area contributed by atoms with Gasteiger partial charge in [-0.15, -0.1) is 0 Å². The van der Waals surface area contributed by atoms with Gasteiger partial charge in [0.25, 0.3) is 5.91 Å². The number of carbonyl (C=O) groups excluding carboxylic acids is 2. The third-order valence-electron chi connectivity index (χ3n) is 3.36. The van der Waals surface area contributed by atoms with Crippen LogP contribution in [-0.2, 0) is 16.0 Å². The molecule has 0 aliphatic heterocycles. The van der Waals surface area contributed by atoms with Gasteiger partial charge in [-0.2, -0.15) is 0 Å². The van der Waals surface area contributed by atoms with Gasteiger partial charge in [0.15, 0.2) is 6.23 Å². The van der Waals surface area contributed by atoms with Crippen molar-refractivity contribution in [2.24, 2.45) is 0 Å². The molecule has 2 rings (SSSR count). The minimum Gasteiger partial charge on any atom is -0.438 e. The molecule has 4 heteroatoms. The molecule has 1 atom stereocenters. The maximum Gasteiger partial charge on any atom is 0.304 e. The van der Waals surface area contributed by atoms with E-state index in [1.807, 2.05) is 30.3 Å². The number of aryl methyl sites for hydroxylation is 1. The van der Waals surface area contributed by atoms with Crippen molar-refractivity contribution in [1.29, 1.82) is 0 Å². The normalized spacial score (nSPS) is 11.9. The van der Waals surface area contributed by atoms with Gasteiger partial charge in [-0.3, -0.25) is 9.59 Å². The zero-order valence-electron chi connectivity index (χ0n) is 13.6. The molecule has 1 N–H and O–H groups in total. The van der Waals surface area contributed by atoms with Gasteiger partial charge in [-0.25, -0.2) is 0 Å². The van der Waals surface area contributed by atoms with Crippen LogP contribution in [0.1, 0.15) is 29.3 Å². The summed E-state index contributed by atoms with van der Waals surface area (Å²) in [5.41, 5.74) is 1.76. The molecule has 24 heavy (non-hydrogen) atoms. The summed E-state index contributed by atoms with van der Waals surface area (Å²) in [7, 11) is 0. The first kappa shape index (κ1) is 17.5. The van der Waals surface area contributed by atoms with Gasteiger partial charge in [-0.1, -0.05) is 54.6 Å². The van der Waals surface area contributed by atoms with Crippen LogP contribution >= 0.6 is 0 Å². The molecule has 0 saturated carbocycles. The Morgan fingerprint density at radius 1 is 1.04 bits per heavy atom. The minimum absolute atomic E-state index is 0.283. The first-order chi connectivity index (χ1) is 11.6. The molecular formula is C20H21NO3. The van der Waals surface area contributed by atoms with E-state index in [1.54, 1.807) is 30.3 Å². The highest BCUT2D eigenvalue weighted by Gasteiger charge is 2.13. The predicted octanol–water partition coefficient (Wildman–Crippen LogP) is 3.49. The number of nitrogens with one attached hydrogen (secondary N) is 1. The van der Waals surface area contributed by atoms with Crippen molar-refractivity contribution in [2.45, 2.75) is 26.0 Å². The molecule has 0 spiro atoms. The number of amides is 1. The van der Waals surface area contributed by atoms with Crippen molar-refractivity contribution in [3.8, 4) is 0 Å². The van der Waals surface area contributed by atoms with E-state index in [0.717, 1.165) is 12.8 Å². The zero-order chi connectivity index (χ0) is 17.2. The van der Waals surface area contributed by atoms with Gasteiger partial charge in [0, 0.05) is 12.5 Å². The lowest BCUT2D eigenvalue weighted by Crippen LogP contribution is -2.36. The Labute approximate surface area is 142 Å². The number of rotatable bonds is 7. The van der Waals surface area contributed by atoms with Crippen LogP contribution in [0.2, 0.25) is 0 Å². The molecule has 0 aliphatic rings. The molecule has 0 saturated heterocycles. The first-order valence-electron chi connectivity index (χ1n) is 7.89. The van der Waals surface area contributed by atoms with E-state index in [2.05, 4.69) is 17.4 Å². The van der Waals surface area contributed by atoms with E-state index in [-0.39, 0.29) is 5.91 Å². The summed E-state index contributed by atoms with van der Waals surface area (Å²) in [6, 6.07) is 18.9. The Hall–Kier alpha value is -2.88. The van der Waals surface area contributed by atoms with Crippen LogP contribution in [-0.4, -0.2) is 18.1 Å². The topological polar surface area (TPSA) is 55.4 Å². The van der Waals surface area contributed by atoms with Crippen molar-refractivity contribution >= 4 is 11.9 Å². The summed E-state index contributed by atoms with van der Waals surface area (Å²) < 4.78 is 5.14. The Balaban J connectivity index is 1.91. The number of hydrogen-bond donors (Lipinski definition) is 1. The molecule has 1 unspecified atom stereocenters. The smallest absolute Gasteiger partial charge is 0.304 e. The molecule has 0 bridgehead atoms. The number of esters is 1. The van der Waals surface area contributed by atoms with Crippen LogP contribution in [0, 0.1) is 0 Å². The summed E-state index contributed by atoms with van der Waals surface area (Å²) >= 11 is 0. The fraction of sp³-hybridized carbons (Fsp3) is 0.200. The number of benzene rings is 2. The Bertz CT molecular complexity index is 681. The molecule has 0 aromatic heterocycles. The van der Waals surface area contributed by atoms with Crippen LogP contribution in [0.15, 0.2) is 72.8 Å². The summed E-state index contributed by atoms with van der Waals surface area (Å²) in [6.07, 6.45) is 4.52. The lowest BCUT2D eigenvalue weighted by Gasteiger charge is -2.15. The zero-order valence-corrected chi connectivity index (χ0v) is 13.6.